The summed E-state index contributed by atoms with van der Waals surface area (Å²) in [7, 11) is 0. The van der Waals surface area contributed by atoms with Gasteiger partial charge in [0.15, 0.2) is 5.75 Å². The summed E-state index contributed by atoms with van der Waals surface area (Å²) in [6.07, 6.45) is -2.90. The second-order valence-corrected chi connectivity index (χ2v) is 7.87. The molecule has 3 aromatic rings. The zero-order chi connectivity index (χ0) is 25.2. The zero-order valence-electron chi connectivity index (χ0n) is 18.1. The van der Waals surface area contributed by atoms with Gasteiger partial charge in [0.2, 0.25) is 0 Å². The first-order chi connectivity index (χ1) is 16.6. The summed E-state index contributed by atoms with van der Waals surface area (Å²) in [6, 6.07) is 11.2. The standard InChI is InChI=1S/C24H19F4N3O4/c25-17-5-7-18(8-6-17)35-22-10-4-16(24(26,27)28)14-19(22)29-23(32)15-3-9-20(21(13-15)31(33)34)30-11-1-2-12-30/h3-10,13-14H,1-2,11-12H2,(H,29,32). The van der Waals surface area contributed by atoms with Crippen LogP contribution in [0.1, 0.15) is 28.8 Å². The molecule has 35 heavy (non-hydrogen) atoms. The van der Waals surface area contributed by atoms with Gasteiger partial charge in [-0.1, -0.05) is 0 Å². The van der Waals surface area contributed by atoms with Gasteiger partial charge >= 0.3 is 6.18 Å². The summed E-state index contributed by atoms with van der Waals surface area (Å²) in [4.78, 5) is 25.8. The summed E-state index contributed by atoms with van der Waals surface area (Å²) in [5, 5.41) is 14.0. The van der Waals surface area contributed by atoms with Gasteiger partial charge in [-0.15, -0.1) is 0 Å². The van der Waals surface area contributed by atoms with E-state index in [0.29, 0.717) is 24.8 Å². The second-order valence-electron chi connectivity index (χ2n) is 7.87. The highest BCUT2D eigenvalue weighted by molar-refractivity contribution is 6.06. The van der Waals surface area contributed by atoms with Gasteiger partial charge in [-0.2, -0.15) is 13.2 Å². The molecule has 1 heterocycles. The van der Waals surface area contributed by atoms with Crippen molar-refractivity contribution >= 4 is 23.0 Å². The Kier molecular flexibility index (Phi) is 6.59. The van der Waals surface area contributed by atoms with Crippen molar-refractivity contribution in [2.45, 2.75) is 19.0 Å². The summed E-state index contributed by atoms with van der Waals surface area (Å²) in [5.74, 6) is -1.38. The normalized spacial score (nSPS) is 13.5. The first-order valence-corrected chi connectivity index (χ1v) is 10.6. The quantitative estimate of drug-likeness (QED) is 0.246. The van der Waals surface area contributed by atoms with E-state index in [4.69, 9.17) is 4.74 Å². The fraction of sp³-hybridized carbons (Fsp3) is 0.208. The fourth-order valence-electron chi connectivity index (χ4n) is 3.75. The Bertz CT molecular complexity index is 1260. The van der Waals surface area contributed by atoms with Crippen molar-refractivity contribution in [3.63, 3.8) is 0 Å². The third-order valence-corrected chi connectivity index (χ3v) is 5.48. The van der Waals surface area contributed by atoms with E-state index < -0.39 is 28.4 Å². The molecule has 1 amide bonds. The van der Waals surface area contributed by atoms with Crippen LogP contribution in [0.3, 0.4) is 0 Å². The van der Waals surface area contributed by atoms with E-state index in [2.05, 4.69) is 5.32 Å². The van der Waals surface area contributed by atoms with Crippen LogP contribution in [-0.2, 0) is 6.18 Å². The predicted octanol–water partition coefficient (Wildman–Crippen LogP) is 6.40. The predicted molar refractivity (Wildman–Crippen MR) is 120 cm³/mol. The molecule has 1 saturated heterocycles. The molecule has 1 aliphatic heterocycles. The number of anilines is 2. The van der Waals surface area contributed by atoms with Crippen LogP contribution in [0.15, 0.2) is 60.7 Å². The third kappa shape index (κ3) is 5.51. The van der Waals surface area contributed by atoms with Crippen LogP contribution in [0, 0.1) is 15.9 Å². The number of carbonyl (C=O) groups excluding carboxylic acids is 1. The number of halogens is 4. The summed E-state index contributed by atoms with van der Waals surface area (Å²) < 4.78 is 58.6. The van der Waals surface area contributed by atoms with E-state index in [1.54, 1.807) is 0 Å². The third-order valence-electron chi connectivity index (χ3n) is 5.48. The number of hydrogen-bond donors (Lipinski definition) is 1. The number of rotatable bonds is 6. The van der Waals surface area contributed by atoms with Gasteiger partial charge < -0.3 is 15.0 Å². The molecule has 3 aromatic carbocycles. The Morgan fingerprint density at radius 2 is 1.69 bits per heavy atom. The van der Waals surface area contributed by atoms with E-state index >= 15 is 0 Å². The maximum Gasteiger partial charge on any atom is 0.416 e. The maximum atomic E-state index is 13.3. The van der Waals surface area contributed by atoms with Crippen molar-refractivity contribution in [3.8, 4) is 11.5 Å². The molecule has 1 aliphatic rings. The van der Waals surface area contributed by atoms with Gasteiger partial charge in [-0.3, -0.25) is 14.9 Å². The minimum Gasteiger partial charge on any atom is -0.455 e. The Morgan fingerprint density at radius 3 is 2.31 bits per heavy atom. The van der Waals surface area contributed by atoms with Crippen LogP contribution < -0.4 is 15.0 Å². The zero-order valence-corrected chi connectivity index (χ0v) is 18.1. The molecule has 0 bridgehead atoms. The molecule has 0 radical (unpaired) electrons. The van der Waals surface area contributed by atoms with E-state index in [-0.39, 0.29) is 28.4 Å². The largest absolute Gasteiger partial charge is 0.455 e. The highest BCUT2D eigenvalue weighted by Gasteiger charge is 2.32. The number of nitrogens with one attached hydrogen (secondary N) is 1. The minimum atomic E-state index is -4.69. The molecular weight excluding hydrogens is 470 g/mol. The number of nitrogens with zero attached hydrogens (tertiary/aromatic N) is 2. The number of ether oxygens (including phenoxy) is 1. The Hall–Kier alpha value is -4.15. The van der Waals surface area contributed by atoms with E-state index in [0.717, 1.165) is 43.2 Å². The van der Waals surface area contributed by atoms with Crippen LogP contribution in [0.2, 0.25) is 0 Å². The first-order valence-electron chi connectivity index (χ1n) is 10.6. The smallest absolute Gasteiger partial charge is 0.416 e. The molecular formula is C24H19F4N3O4. The van der Waals surface area contributed by atoms with Crippen LogP contribution >= 0.6 is 0 Å². The van der Waals surface area contributed by atoms with Crippen LogP contribution in [-0.4, -0.2) is 23.9 Å². The Morgan fingerprint density at radius 1 is 1.00 bits per heavy atom. The number of carbonyl (C=O) groups is 1. The lowest BCUT2D eigenvalue weighted by atomic mass is 10.1. The monoisotopic (exact) mass is 489 g/mol. The molecule has 0 unspecified atom stereocenters. The maximum absolute atomic E-state index is 13.3. The van der Waals surface area contributed by atoms with Crippen molar-refractivity contribution in [2.75, 3.05) is 23.3 Å². The van der Waals surface area contributed by atoms with E-state index in [1.165, 1.54) is 24.3 Å². The molecule has 4 rings (SSSR count). The van der Waals surface area contributed by atoms with Crippen LogP contribution in [0.5, 0.6) is 11.5 Å². The van der Waals surface area contributed by atoms with E-state index in [1.807, 2.05) is 4.90 Å². The topological polar surface area (TPSA) is 84.7 Å². The lowest BCUT2D eigenvalue weighted by molar-refractivity contribution is -0.384. The van der Waals surface area contributed by atoms with Crippen LogP contribution in [0.4, 0.5) is 34.6 Å². The van der Waals surface area contributed by atoms with E-state index in [9.17, 15) is 32.5 Å². The molecule has 0 aliphatic carbocycles. The lowest BCUT2D eigenvalue weighted by Gasteiger charge is -2.18. The summed E-state index contributed by atoms with van der Waals surface area (Å²) >= 11 is 0. The fourth-order valence-corrected chi connectivity index (χ4v) is 3.75. The average Bonchev–Trinajstić information content (AvgIpc) is 3.35. The molecule has 182 valence electrons. The van der Waals surface area contributed by atoms with Gasteiger partial charge in [0, 0.05) is 24.7 Å². The van der Waals surface area contributed by atoms with Gasteiger partial charge in [0.1, 0.15) is 17.3 Å². The number of nitro groups is 1. The molecule has 7 nitrogen and oxygen atoms in total. The average molecular weight is 489 g/mol. The van der Waals surface area contributed by atoms with Gasteiger partial charge in [0.25, 0.3) is 11.6 Å². The number of alkyl halides is 3. The van der Waals surface area contributed by atoms with Gasteiger partial charge in [-0.25, -0.2) is 4.39 Å². The highest BCUT2D eigenvalue weighted by atomic mass is 19.4. The number of benzene rings is 3. The Balaban J connectivity index is 1.66. The van der Waals surface area contributed by atoms with Gasteiger partial charge in [-0.05, 0) is 67.4 Å². The molecule has 1 fully saturated rings. The minimum absolute atomic E-state index is 0.107. The molecule has 0 spiro atoms. The molecule has 11 heteroatoms. The first kappa shape index (κ1) is 24.0. The SMILES string of the molecule is O=C(Nc1cc(C(F)(F)F)ccc1Oc1ccc(F)cc1)c1ccc(N2CCCC2)c([N+](=O)[O-])c1. The molecule has 0 saturated carbocycles. The van der Waals surface area contributed by atoms with Crippen molar-refractivity contribution in [1.29, 1.82) is 0 Å². The highest BCUT2D eigenvalue weighted by Crippen LogP contribution is 2.38. The van der Waals surface area contributed by atoms with Crippen molar-refractivity contribution in [3.05, 3.63) is 87.7 Å². The van der Waals surface area contributed by atoms with Crippen molar-refractivity contribution in [2.24, 2.45) is 0 Å². The summed E-state index contributed by atoms with van der Waals surface area (Å²) in [5.41, 5.74) is -1.34. The Labute approximate surface area is 197 Å². The summed E-state index contributed by atoms with van der Waals surface area (Å²) in [6.45, 7) is 1.31. The van der Waals surface area contributed by atoms with Crippen LogP contribution in [0.25, 0.3) is 0 Å². The van der Waals surface area contributed by atoms with Crippen molar-refractivity contribution < 1.29 is 32.0 Å². The second kappa shape index (κ2) is 9.61. The molecule has 1 N–H and O–H groups in total. The van der Waals surface area contributed by atoms with Crippen molar-refractivity contribution in [1.82, 2.24) is 0 Å². The molecule has 0 atom stereocenters. The lowest BCUT2D eigenvalue weighted by Crippen LogP contribution is -2.20. The number of nitro benzene ring substituents is 1. The number of hydrogen-bond acceptors (Lipinski definition) is 5. The van der Waals surface area contributed by atoms with Gasteiger partial charge in [0.05, 0.1) is 16.2 Å². The number of amides is 1. The molecule has 0 aromatic heterocycles.